The Morgan fingerprint density at radius 1 is 1.00 bits per heavy atom. The normalized spacial score (nSPS) is 22.3. The molecule has 1 aromatic carbocycles. The summed E-state index contributed by atoms with van der Waals surface area (Å²) in [4.78, 5) is 4.93. The highest BCUT2D eigenvalue weighted by Gasteiger charge is 2.44. The molecule has 6 nitrogen and oxygen atoms in total. The lowest BCUT2D eigenvalue weighted by Crippen LogP contribution is -2.50. The molecule has 28 heavy (non-hydrogen) atoms. The number of hydrogen-bond acceptors (Lipinski definition) is 6. The summed E-state index contributed by atoms with van der Waals surface area (Å²) in [5, 5.41) is 19.4. The molecule has 0 radical (unpaired) electrons. The standard InChI is InChI=1S/C22H36N2O4/c1-15-16(2)21-19(17(3)20(15)26)18(22(4,5)28-21)14-24-8-6-23(7-9-24)10-12-27-13-11-25/h18,25-26H,6-14H2,1-5H3. The minimum Gasteiger partial charge on any atom is -0.507 e. The second-order valence-corrected chi connectivity index (χ2v) is 8.70. The number of fused-ring (bicyclic) bond motifs is 1. The first kappa shape index (κ1) is 21.4. The highest BCUT2D eigenvalue weighted by molar-refractivity contribution is 5.61. The summed E-state index contributed by atoms with van der Waals surface area (Å²) in [6.45, 7) is 17.5. The number of aliphatic hydroxyl groups excluding tert-OH is 1. The average molecular weight is 393 g/mol. The number of phenols is 1. The molecule has 6 heteroatoms. The van der Waals surface area contributed by atoms with Crippen LogP contribution in [0.5, 0.6) is 11.5 Å². The number of aliphatic hydroxyl groups is 1. The van der Waals surface area contributed by atoms with Crippen molar-refractivity contribution in [3.8, 4) is 11.5 Å². The van der Waals surface area contributed by atoms with E-state index in [0.29, 0.717) is 19.0 Å². The first-order valence-corrected chi connectivity index (χ1v) is 10.4. The lowest BCUT2D eigenvalue weighted by atomic mass is 9.82. The summed E-state index contributed by atoms with van der Waals surface area (Å²) < 4.78 is 11.8. The predicted molar refractivity (Wildman–Crippen MR) is 111 cm³/mol. The lowest BCUT2D eigenvalue weighted by Gasteiger charge is -2.38. The highest BCUT2D eigenvalue weighted by atomic mass is 16.5. The molecule has 0 spiro atoms. The first-order chi connectivity index (χ1) is 13.3. The number of hydrogen-bond donors (Lipinski definition) is 2. The minimum absolute atomic E-state index is 0.0858. The predicted octanol–water partition coefficient (Wildman–Crippen LogP) is 2.20. The van der Waals surface area contributed by atoms with E-state index in [9.17, 15) is 5.11 Å². The van der Waals surface area contributed by atoms with E-state index in [1.54, 1.807) is 0 Å². The molecule has 2 aliphatic heterocycles. The van der Waals surface area contributed by atoms with Gasteiger partial charge in [-0.2, -0.15) is 0 Å². The molecule has 1 fully saturated rings. The van der Waals surface area contributed by atoms with Crippen molar-refractivity contribution < 1.29 is 19.7 Å². The van der Waals surface area contributed by atoms with Gasteiger partial charge in [0.2, 0.25) is 0 Å². The third kappa shape index (κ3) is 4.15. The molecule has 3 rings (SSSR count). The summed E-state index contributed by atoms with van der Waals surface area (Å²) in [6.07, 6.45) is 0. The number of ether oxygens (including phenoxy) is 2. The Morgan fingerprint density at radius 2 is 1.64 bits per heavy atom. The monoisotopic (exact) mass is 392 g/mol. The van der Waals surface area contributed by atoms with Crippen LogP contribution in [0.4, 0.5) is 0 Å². The van der Waals surface area contributed by atoms with Gasteiger partial charge in [-0.3, -0.25) is 4.90 Å². The molecular weight excluding hydrogens is 356 g/mol. The highest BCUT2D eigenvalue weighted by Crippen LogP contribution is 2.51. The SMILES string of the molecule is Cc1c(C)c2c(c(C)c1O)C(CN1CCN(CCOCCO)CC1)C(C)(C)O2. The Bertz CT molecular complexity index is 697. The van der Waals surface area contributed by atoms with Gasteiger partial charge in [0.15, 0.2) is 0 Å². The van der Waals surface area contributed by atoms with E-state index < -0.39 is 0 Å². The zero-order valence-corrected chi connectivity index (χ0v) is 18.0. The number of piperazine rings is 1. The van der Waals surface area contributed by atoms with E-state index in [1.807, 2.05) is 20.8 Å². The molecule has 0 bridgehead atoms. The molecule has 1 atom stereocenters. The largest absolute Gasteiger partial charge is 0.507 e. The second kappa shape index (κ2) is 8.57. The number of benzene rings is 1. The zero-order chi connectivity index (χ0) is 20.5. The van der Waals surface area contributed by atoms with Gasteiger partial charge in [-0.25, -0.2) is 0 Å². The number of phenolic OH excluding ortho intramolecular Hbond substituents is 1. The Labute approximate surface area is 169 Å². The van der Waals surface area contributed by atoms with Crippen LogP contribution < -0.4 is 4.74 Å². The van der Waals surface area contributed by atoms with E-state index >= 15 is 0 Å². The van der Waals surface area contributed by atoms with Crippen LogP contribution in [0.25, 0.3) is 0 Å². The molecule has 1 aromatic rings. The van der Waals surface area contributed by atoms with Crippen molar-refractivity contribution >= 4 is 0 Å². The summed E-state index contributed by atoms with van der Waals surface area (Å²) in [7, 11) is 0. The molecule has 158 valence electrons. The molecule has 1 saturated heterocycles. The van der Waals surface area contributed by atoms with Crippen molar-refractivity contribution in [2.75, 3.05) is 59.1 Å². The van der Waals surface area contributed by atoms with Crippen LogP contribution in [-0.2, 0) is 4.74 Å². The Kier molecular flexibility index (Phi) is 6.54. The quantitative estimate of drug-likeness (QED) is 0.694. The number of nitrogens with zero attached hydrogens (tertiary/aromatic N) is 2. The van der Waals surface area contributed by atoms with Gasteiger partial charge in [-0.15, -0.1) is 0 Å². The van der Waals surface area contributed by atoms with Gasteiger partial charge in [0.1, 0.15) is 17.1 Å². The minimum atomic E-state index is -0.284. The lowest BCUT2D eigenvalue weighted by molar-refractivity contribution is 0.0467. The van der Waals surface area contributed by atoms with E-state index in [2.05, 4.69) is 23.6 Å². The maximum atomic E-state index is 10.6. The summed E-state index contributed by atoms with van der Waals surface area (Å²) in [5.74, 6) is 1.63. The van der Waals surface area contributed by atoms with Gasteiger partial charge >= 0.3 is 0 Å². The third-order valence-corrected chi connectivity index (χ3v) is 6.51. The van der Waals surface area contributed by atoms with Crippen LogP contribution in [0, 0.1) is 20.8 Å². The van der Waals surface area contributed by atoms with Crippen LogP contribution >= 0.6 is 0 Å². The molecule has 0 aliphatic carbocycles. The maximum Gasteiger partial charge on any atom is 0.127 e. The Balaban J connectivity index is 1.66. The fourth-order valence-corrected chi connectivity index (χ4v) is 4.49. The van der Waals surface area contributed by atoms with Crippen LogP contribution in [0.1, 0.15) is 42.0 Å². The van der Waals surface area contributed by atoms with Crippen LogP contribution in [0.2, 0.25) is 0 Å². The molecule has 2 heterocycles. The van der Waals surface area contributed by atoms with Crippen LogP contribution in [0.3, 0.4) is 0 Å². The van der Waals surface area contributed by atoms with Crippen molar-refractivity contribution in [2.45, 2.75) is 46.1 Å². The summed E-state index contributed by atoms with van der Waals surface area (Å²) >= 11 is 0. The van der Waals surface area contributed by atoms with Crippen molar-refractivity contribution in [2.24, 2.45) is 0 Å². The molecule has 2 N–H and O–H groups in total. The number of aromatic hydroxyl groups is 1. The fraction of sp³-hybridized carbons (Fsp3) is 0.727. The van der Waals surface area contributed by atoms with Crippen LogP contribution in [-0.4, -0.2) is 84.7 Å². The molecule has 0 aromatic heterocycles. The Morgan fingerprint density at radius 3 is 2.29 bits per heavy atom. The van der Waals surface area contributed by atoms with Gasteiger partial charge in [0.25, 0.3) is 0 Å². The number of rotatable bonds is 7. The van der Waals surface area contributed by atoms with E-state index in [0.717, 1.165) is 61.7 Å². The van der Waals surface area contributed by atoms with E-state index in [1.165, 1.54) is 5.56 Å². The van der Waals surface area contributed by atoms with E-state index in [4.69, 9.17) is 14.6 Å². The smallest absolute Gasteiger partial charge is 0.127 e. The van der Waals surface area contributed by atoms with Crippen molar-refractivity contribution in [3.63, 3.8) is 0 Å². The zero-order valence-electron chi connectivity index (χ0n) is 18.0. The molecule has 0 amide bonds. The van der Waals surface area contributed by atoms with Crippen molar-refractivity contribution in [1.82, 2.24) is 9.80 Å². The van der Waals surface area contributed by atoms with Gasteiger partial charge in [-0.05, 0) is 51.3 Å². The summed E-state index contributed by atoms with van der Waals surface area (Å²) in [5.41, 5.74) is 3.85. The molecule has 1 unspecified atom stereocenters. The van der Waals surface area contributed by atoms with E-state index in [-0.39, 0.29) is 18.1 Å². The maximum absolute atomic E-state index is 10.6. The second-order valence-electron chi connectivity index (χ2n) is 8.70. The van der Waals surface area contributed by atoms with Crippen molar-refractivity contribution in [1.29, 1.82) is 0 Å². The Hall–Kier alpha value is -1.34. The van der Waals surface area contributed by atoms with Gasteiger partial charge in [-0.1, -0.05) is 0 Å². The molecule has 2 aliphatic rings. The summed E-state index contributed by atoms with van der Waals surface area (Å²) in [6, 6.07) is 0. The third-order valence-electron chi connectivity index (χ3n) is 6.51. The van der Waals surface area contributed by atoms with Gasteiger partial charge in [0, 0.05) is 50.7 Å². The van der Waals surface area contributed by atoms with Crippen LogP contribution in [0.15, 0.2) is 0 Å². The molecule has 0 saturated carbocycles. The topological polar surface area (TPSA) is 65.4 Å². The first-order valence-electron chi connectivity index (χ1n) is 10.4. The fourth-order valence-electron chi connectivity index (χ4n) is 4.49. The van der Waals surface area contributed by atoms with Gasteiger partial charge < -0.3 is 24.6 Å². The molecular formula is C22H36N2O4. The van der Waals surface area contributed by atoms with Crippen molar-refractivity contribution in [3.05, 3.63) is 22.3 Å². The van der Waals surface area contributed by atoms with Gasteiger partial charge in [0.05, 0.1) is 19.8 Å². The average Bonchev–Trinajstić information content (AvgIpc) is 2.94.